The van der Waals surface area contributed by atoms with Gasteiger partial charge in [0.2, 0.25) is 11.7 Å². The third kappa shape index (κ3) is 7.37. The molecule has 10 nitrogen and oxygen atoms in total. The maximum Gasteiger partial charge on any atom is 0.295 e. The van der Waals surface area contributed by atoms with E-state index in [0.29, 0.717) is 36.6 Å². The maximum absolute atomic E-state index is 14.1. The van der Waals surface area contributed by atoms with Crippen LogP contribution >= 0.6 is 0 Å². The fourth-order valence-electron chi connectivity index (χ4n) is 7.12. The van der Waals surface area contributed by atoms with E-state index < -0.39 is 17.7 Å². The van der Waals surface area contributed by atoms with E-state index in [2.05, 4.69) is 12.1 Å². The number of hydrogen-bond acceptors (Lipinski definition) is 8. The number of hydrogen-bond donors (Lipinski definition) is 0. The summed E-state index contributed by atoms with van der Waals surface area (Å²) in [6.45, 7) is 0.413. The van der Waals surface area contributed by atoms with Gasteiger partial charge in [-0.05, 0) is 86.8 Å². The third-order valence-corrected chi connectivity index (χ3v) is 9.57. The van der Waals surface area contributed by atoms with Gasteiger partial charge in [-0.2, -0.15) is 0 Å². The van der Waals surface area contributed by atoms with E-state index in [-0.39, 0.29) is 35.1 Å². The summed E-state index contributed by atoms with van der Waals surface area (Å²) in [5.74, 6) is 0.815. The normalized spacial score (nSPS) is 17.6. The highest BCUT2D eigenvalue weighted by Crippen LogP contribution is 2.39. The van der Waals surface area contributed by atoms with Crippen molar-refractivity contribution in [1.29, 1.82) is 0 Å². The van der Waals surface area contributed by atoms with E-state index in [1.807, 2.05) is 41.3 Å². The molecule has 2 aliphatic heterocycles. The molecule has 0 aromatic heterocycles. The predicted molar refractivity (Wildman–Crippen MR) is 181 cm³/mol. The van der Waals surface area contributed by atoms with Crippen molar-refractivity contribution in [3.05, 3.63) is 77.4 Å². The minimum atomic E-state index is -0.707. The van der Waals surface area contributed by atoms with Crippen molar-refractivity contribution in [1.82, 2.24) is 9.80 Å². The van der Waals surface area contributed by atoms with E-state index in [9.17, 15) is 14.4 Å². The molecule has 2 heterocycles. The fraction of sp³-hybridized carbons (Fsp3) is 0.447. The molecule has 3 atom stereocenters. The molecule has 2 bridgehead atoms. The molecule has 0 aliphatic carbocycles. The number of piperazine rings is 1. The standard InChI is InChI=1S/C38H46N2O8/c1-44-31-20-17-26(21-32(31)45-2)14-10-16-28(15-9-13-25-11-7-6-8-12-25)39-24-29-18-19-30(37(39)42)40(29)38(43)35(41)27-22-33(46-3)36(48-5)34(23-27)47-4/h6-8,11-12,17,20-23,28-30H,9-10,13-16,18-19,24H2,1-5H3. The van der Waals surface area contributed by atoms with Gasteiger partial charge in [0, 0.05) is 18.2 Å². The molecule has 2 aliphatic rings. The summed E-state index contributed by atoms with van der Waals surface area (Å²) < 4.78 is 27.0. The summed E-state index contributed by atoms with van der Waals surface area (Å²) in [6.07, 6.45) is 6.46. The van der Waals surface area contributed by atoms with Crippen molar-refractivity contribution in [3.8, 4) is 28.7 Å². The van der Waals surface area contributed by atoms with Crippen LogP contribution in [0.1, 0.15) is 60.0 Å². The monoisotopic (exact) mass is 658 g/mol. The second kappa shape index (κ2) is 15.9. The molecule has 0 radical (unpaired) electrons. The quantitative estimate of drug-likeness (QED) is 0.146. The Morgan fingerprint density at radius 1 is 0.729 bits per heavy atom. The van der Waals surface area contributed by atoms with Crippen LogP contribution in [0.5, 0.6) is 28.7 Å². The van der Waals surface area contributed by atoms with Gasteiger partial charge in [-0.15, -0.1) is 0 Å². The zero-order valence-corrected chi connectivity index (χ0v) is 28.5. The highest BCUT2D eigenvalue weighted by Gasteiger charge is 2.50. The molecular formula is C38H46N2O8. The average Bonchev–Trinajstić information content (AvgIpc) is 3.47. The Kier molecular flexibility index (Phi) is 11.5. The third-order valence-electron chi connectivity index (χ3n) is 9.57. The smallest absolute Gasteiger partial charge is 0.295 e. The Hall–Kier alpha value is -4.73. The molecule has 2 fully saturated rings. The molecule has 48 heavy (non-hydrogen) atoms. The van der Waals surface area contributed by atoms with Crippen LogP contribution in [0.4, 0.5) is 0 Å². The van der Waals surface area contributed by atoms with Gasteiger partial charge in [0.1, 0.15) is 6.04 Å². The van der Waals surface area contributed by atoms with Crippen molar-refractivity contribution in [2.45, 2.75) is 69.5 Å². The van der Waals surface area contributed by atoms with Crippen LogP contribution in [-0.2, 0) is 22.4 Å². The van der Waals surface area contributed by atoms with Crippen molar-refractivity contribution in [3.63, 3.8) is 0 Å². The number of ketones is 1. The SMILES string of the molecule is COc1ccc(CCCC(CCCc2ccccc2)N2CC3CCC(C2=O)N3C(=O)C(=O)c2cc(OC)c(OC)c(OC)c2)cc1OC. The fourth-order valence-corrected chi connectivity index (χ4v) is 7.12. The van der Waals surface area contributed by atoms with Crippen molar-refractivity contribution in [2.75, 3.05) is 42.1 Å². The number of methoxy groups -OCH3 is 5. The summed E-state index contributed by atoms with van der Waals surface area (Å²) in [6, 6.07) is 18.4. The van der Waals surface area contributed by atoms with E-state index in [4.69, 9.17) is 23.7 Å². The lowest BCUT2D eigenvalue weighted by Crippen LogP contribution is -2.62. The van der Waals surface area contributed by atoms with Gasteiger partial charge in [0.15, 0.2) is 23.0 Å². The maximum atomic E-state index is 14.1. The van der Waals surface area contributed by atoms with Gasteiger partial charge in [0.05, 0.1) is 41.6 Å². The van der Waals surface area contributed by atoms with Gasteiger partial charge in [0.25, 0.3) is 11.7 Å². The molecular weight excluding hydrogens is 612 g/mol. The summed E-state index contributed by atoms with van der Waals surface area (Å²) in [5, 5.41) is 0. The minimum Gasteiger partial charge on any atom is -0.493 e. The van der Waals surface area contributed by atoms with Gasteiger partial charge in [-0.25, -0.2) is 0 Å². The van der Waals surface area contributed by atoms with Crippen LogP contribution in [0.25, 0.3) is 0 Å². The average molecular weight is 659 g/mol. The lowest BCUT2D eigenvalue weighted by molar-refractivity contribution is -0.151. The molecule has 3 unspecified atom stereocenters. The first-order chi connectivity index (χ1) is 23.3. The lowest BCUT2D eigenvalue weighted by atomic mass is 9.96. The number of nitrogens with zero attached hydrogens (tertiary/aromatic N) is 2. The zero-order chi connectivity index (χ0) is 34.2. The van der Waals surface area contributed by atoms with E-state index in [1.54, 1.807) is 14.2 Å². The van der Waals surface area contributed by atoms with E-state index in [1.165, 1.54) is 43.9 Å². The van der Waals surface area contributed by atoms with E-state index >= 15 is 0 Å². The first-order valence-electron chi connectivity index (χ1n) is 16.6. The summed E-state index contributed by atoms with van der Waals surface area (Å²) in [7, 11) is 7.64. The number of ether oxygens (including phenoxy) is 5. The van der Waals surface area contributed by atoms with Gasteiger partial charge in [-0.1, -0.05) is 36.4 Å². The number of Topliss-reactive ketones (excluding diaryl/α,β-unsaturated/α-hetero) is 1. The molecule has 3 aromatic rings. The zero-order valence-electron chi connectivity index (χ0n) is 28.5. The molecule has 0 saturated carbocycles. The number of amides is 2. The largest absolute Gasteiger partial charge is 0.493 e. The summed E-state index contributed by atoms with van der Waals surface area (Å²) in [4.78, 5) is 45.0. The van der Waals surface area contributed by atoms with Crippen LogP contribution in [0, 0.1) is 0 Å². The number of rotatable bonds is 16. The van der Waals surface area contributed by atoms with Crippen molar-refractivity contribution < 1.29 is 38.1 Å². The number of carbonyl (C=O) groups excluding carboxylic acids is 3. The molecule has 256 valence electrons. The van der Waals surface area contributed by atoms with E-state index in [0.717, 1.165) is 44.1 Å². The minimum absolute atomic E-state index is 0.0209. The number of fused-ring (bicyclic) bond motifs is 2. The van der Waals surface area contributed by atoms with Crippen LogP contribution < -0.4 is 23.7 Å². The molecule has 2 saturated heterocycles. The molecule has 2 amide bonds. The Morgan fingerprint density at radius 3 is 1.96 bits per heavy atom. The topological polar surface area (TPSA) is 104 Å². The first-order valence-corrected chi connectivity index (χ1v) is 16.6. The highest BCUT2D eigenvalue weighted by atomic mass is 16.5. The molecule has 0 N–H and O–H groups in total. The number of benzene rings is 3. The second-order valence-electron chi connectivity index (χ2n) is 12.3. The van der Waals surface area contributed by atoms with Crippen LogP contribution in [0.15, 0.2) is 60.7 Å². The summed E-state index contributed by atoms with van der Waals surface area (Å²) >= 11 is 0. The Bertz CT molecular complexity index is 1570. The molecule has 10 heteroatoms. The first kappa shape index (κ1) is 34.6. The van der Waals surface area contributed by atoms with Gasteiger partial charge in [-0.3, -0.25) is 14.4 Å². The second-order valence-corrected chi connectivity index (χ2v) is 12.3. The molecule has 5 rings (SSSR count). The van der Waals surface area contributed by atoms with Crippen LogP contribution in [0.3, 0.4) is 0 Å². The van der Waals surface area contributed by atoms with Crippen molar-refractivity contribution >= 4 is 17.6 Å². The van der Waals surface area contributed by atoms with Crippen LogP contribution in [-0.4, -0.2) is 87.6 Å². The lowest BCUT2D eigenvalue weighted by Gasteiger charge is -2.44. The number of aryl methyl sites for hydroxylation is 2. The molecule has 0 spiro atoms. The van der Waals surface area contributed by atoms with Gasteiger partial charge >= 0.3 is 0 Å². The predicted octanol–water partition coefficient (Wildman–Crippen LogP) is 5.53. The summed E-state index contributed by atoms with van der Waals surface area (Å²) in [5.41, 5.74) is 2.54. The number of likely N-dealkylation sites (tertiary alicyclic amines) is 1. The van der Waals surface area contributed by atoms with Gasteiger partial charge < -0.3 is 33.5 Å². The van der Waals surface area contributed by atoms with Crippen molar-refractivity contribution in [2.24, 2.45) is 0 Å². The highest BCUT2D eigenvalue weighted by molar-refractivity contribution is 6.43. The molecule has 3 aromatic carbocycles. The Balaban J connectivity index is 1.31. The Labute approximate surface area is 282 Å². The number of carbonyl (C=O) groups is 3. The van der Waals surface area contributed by atoms with Crippen LogP contribution in [0.2, 0.25) is 0 Å². The Morgan fingerprint density at radius 2 is 1.35 bits per heavy atom.